The Kier molecular flexibility index (Phi) is 4.98. The number of guanidine groups is 1. The number of nitrogens with one attached hydrogen (secondary N) is 1. The van der Waals surface area contributed by atoms with Crippen molar-refractivity contribution in [2.24, 2.45) is 10.4 Å². The molecule has 0 aliphatic carbocycles. The molecule has 0 radical (unpaired) electrons. The van der Waals surface area contributed by atoms with Gasteiger partial charge in [0, 0.05) is 32.2 Å². The second kappa shape index (κ2) is 7.16. The third kappa shape index (κ3) is 3.66. The number of likely N-dealkylation sites (tertiary alicyclic amines) is 1. The minimum atomic E-state index is -0.351. The molecule has 24 heavy (non-hydrogen) atoms. The molecule has 1 N–H and O–H groups in total. The predicted molar refractivity (Wildman–Crippen MR) is 86.3 cm³/mol. The number of hydrogen-bond donors (Lipinski definition) is 1. The van der Waals surface area contributed by atoms with Gasteiger partial charge in [-0.3, -0.25) is 9.79 Å². The molecule has 132 valence electrons. The monoisotopic (exact) mass is 336 g/mol. The number of rotatable bonds is 4. The lowest BCUT2D eigenvalue weighted by Crippen LogP contribution is -2.41. The van der Waals surface area contributed by atoms with Gasteiger partial charge in [-0.1, -0.05) is 5.21 Å². The zero-order valence-electron chi connectivity index (χ0n) is 14.2. The summed E-state index contributed by atoms with van der Waals surface area (Å²) in [4.78, 5) is 17.9. The number of methoxy groups -OCH3 is 1. The van der Waals surface area contributed by atoms with E-state index in [9.17, 15) is 4.79 Å². The lowest BCUT2D eigenvalue weighted by Gasteiger charge is -2.24. The maximum atomic E-state index is 11.2. The van der Waals surface area contributed by atoms with E-state index in [4.69, 9.17) is 4.74 Å². The molecule has 3 rings (SSSR count). The number of carbonyl (C=O) groups is 1. The summed E-state index contributed by atoms with van der Waals surface area (Å²) in [5.74, 6) is 0.512. The number of ether oxygens (including phenoxy) is 2. The predicted octanol–water partition coefficient (Wildman–Crippen LogP) is -0.361. The maximum Gasteiger partial charge on any atom is 0.327 e. The van der Waals surface area contributed by atoms with Crippen molar-refractivity contribution in [3.05, 3.63) is 11.9 Å². The Labute approximate surface area is 141 Å². The van der Waals surface area contributed by atoms with Crippen molar-refractivity contribution >= 4 is 11.9 Å². The summed E-state index contributed by atoms with van der Waals surface area (Å²) in [7, 11) is 3.14. The van der Waals surface area contributed by atoms with Crippen LogP contribution in [0.2, 0.25) is 0 Å². The molecule has 0 saturated carbocycles. The van der Waals surface area contributed by atoms with Crippen molar-refractivity contribution in [2.75, 3.05) is 40.5 Å². The zero-order chi connectivity index (χ0) is 17.0. The van der Waals surface area contributed by atoms with Gasteiger partial charge in [0.1, 0.15) is 12.2 Å². The standard InChI is InChI=1S/C15H24N6O3/c1-16-14(20-5-3-15(10-20)4-6-24-11-15)17-7-12-8-21(19-18-12)9-13(22)23-2/h8H,3-7,9-11H2,1-2H3,(H,16,17). The smallest absolute Gasteiger partial charge is 0.327 e. The van der Waals surface area contributed by atoms with Crippen molar-refractivity contribution in [3.63, 3.8) is 0 Å². The topological polar surface area (TPSA) is 93.9 Å². The summed E-state index contributed by atoms with van der Waals surface area (Å²) in [6.07, 6.45) is 4.00. The highest BCUT2D eigenvalue weighted by atomic mass is 16.5. The summed E-state index contributed by atoms with van der Waals surface area (Å²) in [5, 5.41) is 11.3. The fourth-order valence-electron chi connectivity index (χ4n) is 3.28. The van der Waals surface area contributed by atoms with E-state index in [1.54, 1.807) is 13.2 Å². The molecule has 1 spiro atoms. The molecular formula is C15H24N6O3. The molecule has 1 atom stereocenters. The van der Waals surface area contributed by atoms with Crippen molar-refractivity contribution in [2.45, 2.75) is 25.9 Å². The SMILES string of the molecule is CN=C(NCc1cn(CC(=O)OC)nn1)N1CCC2(CCOC2)C1. The van der Waals surface area contributed by atoms with E-state index in [0.29, 0.717) is 12.0 Å². The highest BCUT2D eigenvalue weighted by molar-refractivity contribution is 5.80. The molecular weight excluding hydrogens is 312 g/mol. The van der Waals surface area contributed by atoms with Crippen LogP contribution < -0.4 is 5.32 Å². The fraction of sp³-hybridized carbons (Fsp3) is 0.733. The van der Waals surface area contributed by atoms with E-state index in [1.165, 1.54) is 11.8 Å². The van der Waals surface area contributed by atoms with Crippen LogP contribution in [0.15, 0.2) is 11.2 Å². The quantitative estimate of drug-likeness (QED) is 0.456. The number of nitrogens with zero attached hydrogens (tertiary/aromatic N) is 5. The van der Waals surface area contributed by atoms with Crippen molar-refractivity contribution in [1.29, 1.82) is 0 Å². The minimum Gasteiger partial charge on any atom is -0.468 e. The number of carbonyl (C=O) groups excluding carboxylic acids is 1. The van der Waals surface area contributed by atoms with E-state index in [1.807, 2.05) is 0 Å². The van der Waals surface area contributed by atoms with Gasteiger partial charge in [0.2, 0.25) is 0 Å². The van der Waals surface area contributed by atoms with Gasteiger partial charge in [0.15, 0.2) is 5.96 Å². The molecule has 1 unspecified atom stereocenters. The Morgan fingerprint density at radius 2 is 2.42 bits per heavy atom. The Morgan fingerprint density at radius 1 is 1.54 bits per heavy atom. The van der Waals surface area contributed by atoms with Crippen molar-refractivity contribution < 1.29 is 14.3 Å². The summed E-state index contributed by atoms with van der Waals surface area (Å²) >= 11 is 0. The number of esters is 1. The molecule has 1 aromatic heterocycles. The molecule has 0 aromatic carbocycles. The summed E-state index contributed by atoms with van der Waals surface area (Å²) in [5.41, 5.74) is 1.04. The average molecular weight is 336 g/mol. The van der Waals surface area contributed by atoms with Gasteiger partial charge in [-0.2, -0.15) is 0 Å². The van der Waals surface area contributed by atoms with Gasteiger partial charge in [0.05, 0.1) is 26.5 Å². The minimum absolute atomic E-state index is 0.0624. The normalized spacial score (nSPS) is 23.9. The first-order chi connectivity index (χ1) is 11.6. The van der Waals surface area contributed by atoms with Crippen LogP contribution in [0.1, 0.15) is 18.5 Å². The largest absolute Gasteiger partial charge is 0.468 e. The summed E-state index contributed by atoms with van der Waals surface area (Å²) in [6, 6.07) is 0. The highest BCUT2D eigenvalue weighted by Crippen LogP contribution is 2.38. The van der Waals surface area contributed by atoms with E-state index >= 15 is 0 Å². The average Bonchev–Trinajstić information content (AvgIpc) is 3.32. The van der Waals surface area contributed by atoms with Crippen LogP contribution in [-0.4, -0.2) is 72.3 Å². The Balaban J connectivity index is 1.52. The zero-order valence-corrected chi connectivity index (χ0v) is 14.2. The van der Waals surface area contributed by atoms with Crippen molar-refractivity contribution in [1.82, 2.24) is 25.2 Å². The van der Waals surface area contributed by atoms with Crippen LogP contribution in [-0.2, 0) is 27.4 Å². The third-order valence-electron chi connectivity index (χ3n) is 4.67. The molecule has 0 amide bonds. The number of hydrogen-bond acceptors (Lipinski definition) is 6. The van der Waals surface area contributed by atoms with E-state index in [2.05, 4.69) is 30.3 Å². The summed E-state index contributed by atoms with van der Waals surface area (Å²) in [6.45, 7) is 4.24. The third-order valence-corrected chi connectivity index (χ3v) is 4.67. The molecule has 2 aliphatic heterocycles. The second-order valence-corrected chi connectivity index (χ2v) is 6.36. The lowest BCUT2D eigenvalue weighted by atomic mass is 9.87. The maximum absolute atomic E-state index is 11.2. The van der Waals surface area contributed by atoms with Crippen LogP contribution in [0.25, 0.3) is 0 Å². The number of aromatic nitrogens is 3. The van der Waals surface area contributed by atoms with Gasteiger partial charge in [-0.25, -0.2) is 4.68 Å². The fourth-order valence-corrected chi connectivity index (χ4v) is 3.28. The van der Waals surface area contributed by atoms with Gasteiger partial charge in [-0.05, 0) is 12.8 Å². The molecule has 9 heteroatoms. The molecule has 1 aromatic rings. The van der Waals surface area contributed by atoms with Gasteiger partial charge < -0.3 is 19.7 Å². The van der Waals surface area contributed by atoms with Crippen LogP contribution in [0.3, 0.4) is 0 Å². The van der Waals surface area contributed by atoms with Gasteiger partial charge >= 0.3 is 5.97 Å². The highest BCUT2D eigenvalue weighted by Gasteiger charge is 2.42. The van der Waals surface area contributed by atoms with Crippen LogP contribution in [0.4, 0.5) is 0 Å². The van der Waals surface area contributed by atoms with Gasteiger partial charge in [0.25, 0.3) is 0 Å². The molecule has 3 heterocycles. The Morgan fingerprint density at radius 3 is 3.12 bits per heavy atom. The van der Waals surface area contributed by atoms with E-state index in [-0.39, 0.29) is 12.5 Å². The first kappa shape index (κ1) is 16.7. The molecule has 0 bridgehead atoms. The van der Waals surface area contributed by atoms with Gasteiger partial charge in [-0.15, -0.1) is 5.10 Å². The van der Waals surface area contributed by atoms with Crippen LogP contribution in [0, 0.1) is 5.41 Å². The first-order valence-corrected chi connectivity index (χ1v) is 8.13. The van der Waals surface area contributed by atoms with Crippen LogP contribution in [0.5, 0.6) is 0 Å². The molecule has 2 fully saturated rings. The Bertz CT molecular complexity index is 608. The van der Waals surface area contributed by atoms with Crippen LogP contribution >= 0.6 is 0 Å². The van der Waals surface area contributed by atoms with E-state index in [0.717, 1.165) is 50.8 Å². The second-order valence-electron chi connectivity index (χ2n) is 6.36. The van der Waals surface area contributed by atoms with Crippen molar-refractivity contribution in [3.8, 4) is 0 Å². The first-order valence-electron chi connectivity index (χ1n) is 8.13. The summed E-state index contributed by atoms with van der Waals surface area (Å²) < 4.78 is 11.6. The molecule has 2 saturated heterocycles. The lowest BCUT2D eigenvalue weighted by molar-refractivity contribution is -0.141. The number of aliphatic imine (C=N–C) groups is 1. The van der Waals surface area contributed by atoms with E-state index < -0.39 is 0 Å². The Hall–Kier alpha value is -2.16. The molecule has 9 nitrogen and oxygen atoms in total. The molecule has 2 aliphatic rings.